The van der Waals surface area contributed by atoms with E-state index >= 15 is 0 Å². The molecule has 2 aromatic rings. The minimum atomic E-state index is 0.0317. The van der Waals surface area contributed by atoms with Crippen LogP contribution in [0.25, 0.3) is 10.6 Å². The van der Waals surface area contributed by atoms with Crippen LogP contribution in [0.1, 0.15) is 9.67 Å². The second kappa shape index (κ2) is 6.08. The molecule has 0 radical (unpaired) electrons. The number of thiazole rings is 1. The van der Waals surface area contributed by atoms with Crippen LogP contribution in [0.5, 0.6) is 0 Å². The predicted octanol–water partition coefficient (Wildman–Crippen LogP) is 2.16. The summed E-state index contributed by atoms with van der Waals surface area (Å²) in [4.78, 5) is 18.8. The van der Waals surface area contributed by atoms with E-state index in [0.29, 0.717) is 11.4 Å². The fraction of sp³-hybridized carbons (Fsp3) is 0.333. The third-order valence-electron chi connectivity index (χ3n) is 2.53. The average Bonchev–Trinajstić information content (AvgIpc) is 3.04. The van der Waals surface area contributed by atoms with Gasteiger partial charge in [-0.2, -0.15) is 11.3 Å². The normalized spacial score (nSPS) is 10.6. The van der Waals surface area contributed by atoms with Crippen LogP contribution in [0.2, 0.25) is 0 Å². The summed E-state index contributed by atoms with van der Waals surface area (Å²) in [7, 11) is 3.68. The maximum atomic E-state index is 12.1. The van der Waals surface area contributed by atoms with E-state index in [-0.39, 0.29) is 5.91 Å². The largest absolute Gasteiger partial charge is 0.340 e. The molecule has 6 heteroatoms. The average molecular weight is 281 g/mol. The van der Waals surface area contributed by atoms with Gasteiger partial charge in [-0.3, -0.25) is 4.79 Å². The van der Waals surface area contributed by atoms with Crippen molar-refractivity contribution in [3.05, 3.63) is 27.9 Å². The molecule has 2 heterocycles. The molecule has 0 saturated heterocycles. The van der Waals surface area contributed by atoms with E-state index in [4.69, 9.17) is 0 Å². The number of rotatable bonds is 5. The summed E-state index contributed by atoms with van der Waals surface area (Å²) >= 11 is 3.08. The third-order valence-corrected chi connectivity index (χ3v) is 4.25. The van der Waals surface area contributed by atoms with Crippen LogP contribution in [0.15, 0.2) is 23.0 Å². The summed E-state index contributed by atoms with van der Waals surface area (Å²) in [5.74, 6) is 0.0317. The number of carbonyl (C=O) groups is 1. The topological polar surface area (TPSA) is 45.2 Å². The molecule has 1 N–H and O–H groups in total. The molecule has 0 aromatic carbocycles. The van der Waals surface area contributed by atoms with Gasteiger partial charge in [0.25, 0.3) is 5.91 Å². The number of likely N-dealkylation sites (N-methyl/N-ethyl adjacent to an activating group) is 2. The highest BCUT2D eigenvalue weighted by atomic mass is 32.1. The van der Waals surface area contributed by atoms with Gasteiger partial charge in [0.2, 0.25) is 0 Å². The number of nitrogens with zero attached hydrogens (tertiary/aromatic N) is 2. The van der Waals surface area contributed by atoms with Crippen molar-refractivity contribution in [2.45, 2.75) is 0 Å². The molecule has 0 aliphatic carbocycles. The van der Waals surface area contributed by atoms with Crippen LogP contribution in [-0.4, -0.2) is 43.0 Å². The van der Waals surface area contributed by atoms with Crippen molar-refractivity contribution in [1.82, 2.24) is 15.2 Å². The molecule has 18 heavy (non-hydrogen) atoms. The monoisotopic (exact) mass is 281 g/mol. The van der Waals surface area contributed by atoms with E-state index in [1.165, 1.54) is 11.3 Å². The Labute approximate surface area is 114 Å². The van der Waals surface area contributed by atoms with Gasteiger partial charge in [0.15, 0.2) is 0 Å². The zero-order chi connectivity index (χ0) is 13.0. The second-order valence-electron chi connectivity index (χ2n) is 3.87. The Hall–Kier alpha value is -1.24. The Kier molecular flexibility index (Phi) is 4.46. The van der Waals surface area contributed by atoms with Gasteiger partial charge in [-0.05, 0) is 18.5 Å². The Balaban J connectivity index is 2.08. The number of thiophene rings is 1. The maximum Gasteiger partial charge on any atom is 0.265 e. The van der Waals surface area contributed by atoms with Crippen molar-refractivity contribution < 1.29 is 4.79 Å². The van der Waals surface area contributed by atoms with E-state index in [9.17, 15) is 4.79 Å². The van der Waals surface area contributed by atoms with E-state index in [1.807, 2.05) is 30.9 Å². The first-order valence-electron chi connectivity index (χ1n) is 5.61. The molecule has 0 unspecified atom stereocenters. The van der Waals surface area contributed by atoms with E-state index in [0.717, 1.165) is 17.1 Å². The maximum absolute atomic E-state index is 12.1. The highest BCUT2D eigenvalue weighted by Gasteiger charge is 2.15. The van der Waals surface area contributed by atoms with Crippen molar-refractivity contribution in [1.29, 1.82) is 0 Å². The number of hydrogen-bond donors (Lipinski definition) is 1. The predicted molar refractivity (Wildman–Crippen MR) is 76.3 cm³/mol. The number of hydrogen-bond acceptors (Lipinski definition) is 5. The molecule has 96 valence electrons. The highest BCUT2D eigenvalue weighted by Crippen LogP contribution is 2.27. The highest BCUT2D eigenvalue weighted by molar-refractivity contribution is 7.17. The van der Waals surface area contributed by atoms with Crippen LogP contribution in [0, 0.1) is 0 Å². The fourth-order valence-corrected chi connectivity index (χ4v) is 3.08. The van der Waals surface area contributed by atoms with Crippen molar-refractivity contribution in [2.24, 2.45) is 0 Å². The lowest BCUT2D eigenvalue weighted by molar-refractivity contribution is 0.0801. The molecule has 0 spiro atoms. The number of nitrogens with one attached hydrogen (secondary N) is 1. The van der Waals surface area contributed by atoms with E-state index in [2.05, 4.69) is 10.3 Å². The van der Waals surface area contributed by atoms with Crippen molar-refractivity contribution in [2.75, 3.05) is 27.2 Å². The summed E-state index contributed by atoms with van der Waals surface area (Å²) in [5.41, 5.74) is 1.09. The molecule has 0 saturated carbocycles. The van der Waals surface area contributed by atoms with Gasteiger partial charge in [0, 0.05) is 31.1 Å². The first kappa shape index (κ1) is 13.2. The minimum Gasteiger partial charge on any atom is -0.340 e. The molecular formula is C12H15N3OS2. The fourth-order valence-electron chi connectivity index (χ4n) is 1.46. The van der Waals surface area contributed by atoms with Crippen LogP contribution in [0.4, 0.5) is 0 Å². The smallest absolute Gasteiger partial charge is 0.265 e. The van der Waals surface area contributed by atoms with E-state index in [1.54, 1.807) is 22.4 Å². The molecule has 2 rings (SSSR count). The SMILES string of the molecule is CNCCN(C)C(=O)c1cnc(-c2ccsc2)s1. The van der Waals surface area contributed by atoms with Gasteiger partial charge >= 0.3 is 0 Å². The summed E-state index contributed by atoms with van der Waals surface area (Å²) in [6.45, 7) is 1.49. The van der Waals surface area contributed by atoms with Crippen molar-refractivity contribution in [3.63, 3.8) is 0 Å². The summed E-state index contributed by atoms with van der Waals surface area (Å²) < 4.78 is 0. The van der Waals surface area contributed by atoms with Crippen LogP contribution in [0.3, 0.4) is 0 Å². The first-order chi connectivity index (χ1) is 8.72. The summed E-state index contributed by atoms with van der Waals surface area (Å²) in [6, 6.07) is 2.02. The molecule has 0 bridgehead atoms. The minimum absolute atomic E-state index is 0.0317. The third kappa shape index (κ3) is 2.95. The van der Waals surface area contributed by atoms with Gasteiger partial charge < -0.3 is 10.2 Å². The number of aromatic nitrogens is 1. The van der Waals surface area contributed by atoms with Crippen molar-refractivity contribution in [3.8, 4) is 10.6 Å². The molecule has 1 amide bonds. The van der Waals surface area contributed by atoms with Crippen LogP contribution in [-0.2, 0) is 0 Å². The van der Waals surface area contributed by atoms with Gasteiger partial charge in [0.1, 0.15) is 9.88 Å². The Morgan fingerprint density at radius 3 is 3.06 bits per heavy atom. The number of carbonyl (C=O) groups excluding carboxylic acids is 1. The van der Waals surface area contributed by atoms with Crippen LogP contribution < -0.4 is 5.32 Å². The molecule has 0 aliphatic heterocycles. The van der Waals surface area contributed by atoms with Gasteiger partial charge in [-0.15, -0.1) is 11.3 Å². The molecule has 0 fully saturated rings. The standard InChI is InChI=1S/C12H15N3OS2/c1-13-4-5-15(2)12(16)10-7-14-11(18-10)9-3-6-17-8-9/h3,6-8,13H,4-5H2,1-2H3. The zero-order valence-corrected chi connectivity index (χ0v) is 12.0. The van der Waals surface area contributed by atoms with Crippen molar-refractivity contribution >= 4 is 28.6 Å². The van der Waals surface area contributed by atoms with E-state index < -0.39 is 0 Å². The summed E-state index contributed by atoms with van der Waals surface area (Å²) in [6.07, 6.45) is 1.66. The second-order valence-corrected chi connectivity index (χ2v) is 5.68. The lowest BCUT2D eigenvalue weighted by Gasteiger charge is -2.15. The molecule has 0 atom stereocenters. The molecule has 2 aromatic heterocycles. The first-order valence-corrected chi connectivity index (χ1v) is 7.36. The molecule has 4 nitrogen and oxygen atoms in total. The quantitative estimate of drug-likeness (QED) is 0.913. The lowest BCUT2D eigenvalue weighted by Crippen LogP contribution is -2.32. The number of amides is 1. The lowest BCUT2D eigenvalue weighted by atomic mass is 10.4. The van der Waals surface area contributed by atoms with Gasteiger partial charge in [-0.1, -0.05) is 0 Å². The van der Waals surface area contributed by atoms with Gasteiger partial charge in [-0.25, -0.2) is 4.98 Å². The van der Waals surface area contributed by atoms with Crippen LogP contribution >= 0.6 is 22.7 Å². The Morgan fingerprint density at radius 1 is 1.56 bits per heavy atom. The Morgan fingerprint density at radius 2 is 2.39 bits per heavy atom. The zero-order valence-electron chi connectivity index (χ0n) is 10.3. The molecule has 0 aliphatic rings. The summed E-state index contributed by atoms with van der Waals surface area (Å²) in [5, 5.41) is 7.98. The molecular weight excluding hydrogens is 266 g/mol. The Bertz CT molecular complexity index is 507. The van der Waals surface area contributed by atoms with Gasteiger partial charge in [0.05, 0.1) is 6.20 Å².